The molecule has 2 aromatic carbocycles. The van der Waals surface area contributed by atoms with Crippen LogP contribution in [0.25, 0.3) is 10.9 Å². The summed E-state index contributed by atoms with van der Waals surface area (Å²) in [5, 5.41) is 3.64. The summed E-state index contributed by atoms with van der Waals surface area (Å²) in [6.45, 7) is 4.40. The molecule has 1 aliphatic rings. The number of nitrogens with one attached hydrogen (secondary N) is 1. The minimum absolute atomic E-state index is 0.0268. The Kier molecular flexibility index (Phi) is 5.84. The van der Waals surface area contributed by atoms with E-state index in [2.05, 4.69) is 20.2 Å². The minimum atomic E-state index is -2.65. The van der Waals surface area contributed by atoms with Gasteiger partial charge in [-0.25, -0.2) is 14.4 Å². The summed E-state index contributed by atoms with van der Waals surface area (Å²) in [7, 11) is -2.65. The number of aromatic nitrogens is 2. The summed E-state index contributed by atoms with van der Waals surface area (Å²) < 4.78 is 52.5. The SMILES string of the molecule is [2H]C([2H])([2H])Oc1cc2ncnc(Nc3ccc(F)c(Cl)c3)c2cc1OCCCN1CCOCC1. The first-order chi connectivity index (χ1) is 16.3. The van der Waals surface area contributed by atoms with Crippen LogP contribution in [-0.4, -0.2) is 61.4 Å². The maximum Gasteiger partial charge on any atom is 0.162 e. The van der Waals surface area contributed by atoms with Gasteiger partial charge in [0.05, 0.1) is 41.5 Å². The first-order valence-corrected chi connectivity index (χ1v) is 10.3. The molecule has 0 aliphatic carbocycles. The van der Waals surface area contributed by atoms with Gasteiger partial charge in [0.15, 0.2) is 11.5 Å². The van der Waals surface area contributed by atoms with Crippen LogP contribution in [0.5, 0.6) is 11.5 Å². The van der Waals surface area contributed by atoms with Gasteiger partial charge in [-0.05, 0) is 30.7 Å². The Morgan fingerprint density at radius 2 is 2.10 bits per heavy atom. The van der Waals surface area contributed by atoms with E-state index in [0.717, 1.165) is 39.3 Å². The fourth-order valence-corrected chi connectivity index (χ4v) is 3.54. The van der Waals surface area contributed by atoms with Gasteiger partial charge in [0, 0.05) is 36.8 Å². The average Bonchev–Trinajstić information content (AvgIpc) is 2.79. The number of halogens is 2. The van der Waals surface area contributed by atoms with Crippen molar-refractivity contribution in [2.75, 3.05) is 51.8 Å². The van der Waals surface area contributed by atoms with Crippen LogP contribution in [0.4, 0.5) is 15.9 Å². The molecule has 1 saturated heterocycles. The Labute approximate surface area is 189 Å². The van der Waals surface area contributed by atoms with E-state index in [1.807, 2.05) is 0 Å². The van der Waals surface area contributed by atoms with Crippen LogP contribution < -0.4 is 14.8 Å². The van der Waals surface area contributed by atoms with E-state index in [-0.39, 0.29) is 16.5 Å². The number of anilines is 2. The highest BCUT2D eigenvalue weighted by molar-refractivity contribution is 6.31. The lowest BCUT2D eigenvalue weighted by Crippen LogP contribution is -2.37. The normalized spacial score (nSPS) is 16.4. The standard InChI is InChI=1S/C22H24ClFN4O3/c1-29-20-13-19-16(12-21(20)31-8-2-5-28-6-9-30-10-7-28)22(26-14-25-19)27-15-3-4-18(24)17(23)11-15/h3-4,11-14H,2,5-10H2,1H3,(H,25,26,27)/i1D3. The number of fused-ring (bicyclic) bond motifs is 1. The molecule has 1 aliphatic heterocycles. The molecular formula is C22H24ClFN4O3. The lowest BCUT2D eigenvalue weighted by Gasteiger charge is -2.26. The number of methoxy groups -OCH3 is 1. The molecule has 164 valence electrons. The van der Waals surface area contributed by atoms with E-state index < -0.39 is 12.9 Å². The molecule has 0 unspecified atom stereocenters. The Balaban J connectivity index is 1.57. The molecule has 7 nitrogen and oxygen atoms in total. The smallest absolute Gasteiger partial charge is 0.162 e. The molecule has 0 atom stereocenters. The monoisotopic (exact) mass is 449 g/mol. The van der Waals surface area contributed by atoms with Crippen LogP contribution in [0.3, 0.4) is 0 Å². The van der Waals surface area contributed by atoms with E-state index >= 15 is 0 Å². The molecule has 3 aromatic rings. The van der Waals surface area contributed by atoms with Gasteiger partial charge in [0.1, 0.15) is 18.0 Å². The van der Waals surface area contributed by atoms with Crippen molar-refractivity contribution < 1.29 is 22.7 Å². The van der Waals surface area contributed by atoms with Gasteiger partial charge < -0.3 is 19.5 Å². The molecule has 0 saturated carbocycles. The van der Waals surface area contributed by atoms with Crippen LogP contribution >= 0.6 is 11.6 Å². The number of hydrogen-bond acceptors (Lipinski definition) is 7. The molecule has 0 spiro atoms. The van der Waals surface area contributed by atoms with Crippen molar-refractivity contribution in [3.63, 3.8) is 0 Å². The van der Waals surface area contributed by atoms with Crippen LogP contribution in [0.15, 0.2) is 36.7 Å². The molecule has 2 heterocycles. The second-order valence-electron chi connectivity index (χ2n) is 7.05. The van der Waals surface area contributed by atoms with Crippen LogP contribution in [0, 0.1) is 5.82 Å². The van der Waals surface area contributed by atoms with Crippen LogP contribution in [0.1, 0.15) is 10.5 Å². The predicted molar refractivity (Wildman–Crippen MR) is 118 cm³/mol. The molecule has 9 heteroatoms. The highest BCUT2D eigenvalue weighted by Crippen LogP contribution is 2.35. The Bertz CT molecular complexity index is 1150. The van der Waals surface area contributed by atoms with Gasteiger partial charge in [-0.3, -0.25) is 4.90 Å². The number of rotatable bonds is 8. The molecule has 0 bridgehead atoms. The van der Waals surface area contributed by atoms with Gasteiger partial charge in [-0.1, -0.05) is 11.6 Å². The lowest BCUT2D eigenvalue weighted by molar-refractivity contribution is 0.0357. The van der Waals surface area contributed by atoms with Crippen molar-refractivity contribution in [1.82, 2.24) is 14.9 Å². The van der Waals surface area contributed by atoms with Gasteiger partial charge >= 0.3 is 0 Å². The summed E-state index contributed by atoms with van der Waals surface area (Å²) in [4.78, 5) is 10.8. The van der Waals surface area contributed by atoms with Gasteiger partial charge in [-0.15, -0.1) is 0 Å². The van der Waals surface area contributed by atoms with Crippen LogP contribution in [0.2, 0.25) is 5.02 Å². The third-order valence-corrected chi connectivity index (χ3v) is 5.26. The largest absolute Gasteiger partial charge is 0.493 e. The lowest BCUT2D eigenvalue weighted by atomic mass is 10.2. The average molecular weight is 450 g/mol. The van der Waals surface area contributed by atoms with E-state index in [4.69, 9.17) is 29.9 Å². The zero-order valence-electron chi connectivity index (χ0n) is 19.7. The summed E-state index contributed by atoms with van der Waals surface area (Å²) in [6.07, 6.45) is 2.08. The third kappa shape index (κ3) is 5.33. The van der Waals surface area contributed by atoms with E-state index in [1.54, 1.807) is 6.07 Å². The Morgan fingerprint density at radius 1 is 1.23 bits per heavy atom. The van der Waals surface area contributed by atoms with E-state index in [0.29, 0.717) is 29.0 Å². The molecule has 1 N–H and O–H groups in total. The zero-order valence-corrected chi connectivity index (χ0v) is 17.5. The number of ether oxygens (including phenoxy) is 3. The van der Waals surface area contributed by atoms with Crippen molar-refractivity contribution in [2.45, 2.75) is 6.42 Å². The Morgan fingerprint density at radius 3 is 2.90 bits per heavy atom. The molecule has 4 rings (SSSR count). The van der Waals surface area contributed by atoms with Crippen molar-refractivity contribution in [1.29, 1.82) is 0 Å². The second kappa shape index (κ2) is 10.1. The molecule has 1 fully saturated rings. The number of morpholine rings is 1. The topological polar surface area (TPSA) is 68.7 Å². The van der Waals surface area contributed by atoms with Crippen molar-refractivity contribution in [3.05, 3.63) is 47.5 Å². The van der Waals surface area contributed by atoms with Crippen molar-refractivity contribution >= 4 is 34.0 Å². The molecule has 0 radical (unpaired) electrons. The molecule has 31 heavy (non-hydrogen) atoms. The fourth-order valence-electron chi connectivity index (χ4n) is 3.36. The minimum Gasteiger partial charge on any atom is -0.493 e. The van der Waals surface area contributed by atoms with E-state index in [1.165, 1.54) is 30.6 Å². The molecule has 0 amide bonds. The Hall–Kier alpha value is -2.68. The molecular weight excluding hydrogens is 423 g/mol. The fraction of sp³-hybridized carbons (Fsp3) is 0.364. The number of hydrogen-bond donors (Lipinski definition) is 1. The molecule has 1 aromatic heterocycles. The first kappa shape index (κ1) is 17.9. The predicted octanol–water partition coefficient (Wildman–Crippen LogP) is 4.28. The summed E-state index contributed by atoms with van der Waals surface area (Å²) >= 11 is 5.88. The maximum atomic E-state index is 13.5. The highest BCUT2D eigenvalue weighted by atomic mass is 35.5. The highest BCUT2D eigenvalue weighted by Gasteiger charge is 2.14. The van der Waals surface area contributed by atoms with Crippen molar-refractivity contribution in [2.24, 2.45) is 0 Å². The summed E-state index contributed by atoms with van der Waals surface area (Å²) in [6, 6.07) is 7.37. The van der Waals surface area contributed by atoms with Gasteiger partial charge in [-0.2, -0.15) is 0 Å². The number of nitrogens with zero attached hydrogens (tertiary/aromatic N) is 3. The third-order valence-electron chi connectivity index (χ3n) is 4.97. The quantitative estimate of drug-likeness (QED) is 0.515. The summed E-state index contributed by atoms with van der Waals surface area (Å²) in [5.41, 5.74) is 0.979. The van der Waals surface area contributed by atoms with E-state index in [9.17, 15) is 4.39 Å². The van der Waals surface area contributed by atoms with Crippen molar-refractivity contribution in [3.8, 4) is 11.5 Å². The zero-order chi connectivity index (χ0) is 24.1. The van der Waals surface area contributed by atoms with Gasteiger partial charge in [0.25, 0.3) is 0 Å². The van der Waals surface area contributed by atoms with Crippen LogP contribution in [-0.2, 0) is 4.74 Å². The first-order valence-electron chi connectivity index (χ1n) is 11.4. The second-order valence-corrected chi connectivity index (χ2v) is 7.46. The number of benzene rings is 2. The van der Waals surface area contributed by atoms with Gasteiger partial charge in [0.2, 0.25) is 0 Å². The maximum absolute atomic E-state index is 13.5. The summed E-state index contributed by atoms with van der Waals surface area (Å²) in [5.74, 6) is 0.221.